The Bertz CT molecular complexity index is 547. The van der Waals surface area contributed by atoms with Gasteiger partial charge in [-0.15, -0.1) is 0 Å². The second kappa shape index (κ2) is 7.09. The minimum absolute atomic E-state index is 0.0596. The Morgan fingerprint density at radius 3 is 2.65 bits per heavy atom. The van der Waals surface area contributed by atoms with E-state index in [0.717, 1.165) is 30.2 Å². The van der Waals surface area contributed by atoms with Gasteiger partial charge < -0.3 is 9.73 Å². The SMILES string of the molecule is N#CC(=Cc1cc(Br)c(Br)o1)C(=O)NC1CCCCC1. The number of halogens is 2. The van der Waals surface area contributed by atoms with E-state index in [2.05, 4.69) is 37.2 Å². The minimum atomic E-state index is -0.331. The molecule has 2 rings (SSSR count). The van der Waals surface area contributed by atoms with Gasteiger partial charge in [0.2, 0.25) is 0 Å². The van der Waals surface area contributed by atoms with Gasteiger partial charge >= 0.3 is 0 Å². The Morgan fingerprint density at radius 2 is 2.10 bits per heavy atom. The molecule has 0 spiro atoms. The zero-order valence-corrected chi connectivity index (χ0v) is 14.0. The Balaban J connectivity index is 2.07. The topological polar surface area (TPSA) is 66.0 Å². The molecule has 0 unspecified atom stereocenters. The molecule has 0 aliphatic heterocycles. The van der Waals surface area contributed by atoms with E-state index >= 15 is 0 Å². The number of carbonyl (C=O) groups is 1. The van der Waals surface area contributed by atoms with Crippen molar-refractivity contribution in [1.29, 1.82) is 5.26 Å². The zero-order chi connectivity index (χ0) is 14.5. The van der Waals surface area contributed by atoms with Crippen molar-refractivity contribution in [3.8, 4) is 6.07 Å². The summed E-state index contributed by atoms with van der Waals surface area (Å²) < 4.78 is 6.63. The predicted octanol–water partition coefficient (Wildman–Crippen LogP) is 4.16. The number of nitrogens with one attached hydrogen (secondary N) is 1. The average Bonchev–Trinajstić information content (AvgIpc) is 2.76. The first-order valence-electron chi connectivity index (χ1n) is 6.47. The Hall–Kier alpha value is -1.06. The monoisotopic (exact) mass is 400 g/mol. The highest BCUT2D eigenvalue weighted by atomic mass is 79.9. The molecule has 1 heterocycles. The molecule has 20 heavy (non-hydrogen) atoms. The van der Waals surface area contributed by atoms with Gasteiger partial charge in [0, 0.05) is 12.1 Å². The van der Waals surface area contributed by atoms with Crippen LogP contribution in [0.1, 0.15) is 37.9 Å². The normalized spacial score (nSPS) is 16.8. The third kappa shape index (κ3) is 3.97. The van der Waals surface area contributed by atoms with E-state index in [1.165, 1.54) is 12.5 Å². The highest BCUT2D eigenvalue weighted by Gasteiger charge is 2.18. The number of rotatable bonds is 3. The fraction of sp³-hybridized carbons (Fsp3) is 0.429. The Labute approximate surface area is 134 Å². The van der Waals surface area contributed by atoms with Crippen LogP contribution in [0.2, 0.25) is 0 Å². The molecule has 1 fully saturated rings. The highest BCUT2D eigenvalue weighted by molar-refractivity contribution is 9.13. The fourth-order valence-corrected chi connectivity index (χ4v) is 2.84. The third-order valence-corrected chi connectivity index (χ3v) is 4.97. The number of furan rings is 1. The lowest BCUT2D eigenvalue weighted by Gasteiger charge is -2.22. The van der Waals surface area contributed by atoms with Gasteiger partial charge in [-0.1, -0.05) is 19.3 Å². The fourth-order valence-electron chi connectivity index (χ4n) is 2.24. The number of hydrogen-bond acceptors (Lipinski definition) is 3. The number of carbonyl (C=O) groups excluding carboxylic acids is 1. The third-order valence-electron chi connectivity index (χ3n) is 3.26. The van der Waals surface area contributed by atoms with Crippen LogP contribution in [0.5, 0.6) is 0 Å². The van der Waals surface area contributed by atoms with E-state index in [9.17, 15) is 4.79 Å². The summed E-state index contributed by atoms with van der Waals surface area (Å²) in [7, 11) is 0. The predicted molar refractivity (Wildman–Crippen MR) is 82.7 cm³/mol. The standard InChI is InChI=1S/C14H14Br2N2O2/c15-12-7-11(20-13(12)16)6-9(8-17)14(19)18-10-4-2-1-3-5-10/h6-7,10H,1-5H2,(H,18,19). The van der Waals surface area contributed by atoms with Crippen LogP contribution in [-0.4, -0.2) is 11.9 Å². The van der Waals surface area contributed by atoms with Gasteiger partial charge in [-0.25, -0.2) is 0 Å². The van der Waals surface area contributed by atoms with Crippen LogP contribution < -0.4 is 5.32 Å². The molecule has 1 aliphatic rings. The maximum Gasteiger partial charge on any atom is 0.262 e. The molecule has 1 amide bonds. The average molecular weight is 402 g/mol. The number of hydrogen-bond donors (Lipinski definition) is 1. The molecule has 1 aromatic rings. The van der Waals surface area contributed by atoms with Crippen LogP contribution in [0.3, 0.4) is 0 Å². The van der Waals surface area contributed by atoms with E-state index in [1.807, 2.05) is 6.07 Å². The van der Waals surface area contributed by atoms with Crippen LogP contribution in [0.4, 0.5) is 0 Å². The number of amides is 1. The summed E-state index contributed by atoms with van der Waals surface area (Å²) in [4.78, 5) is 12.1. The number of nitriles is 1. The van der Waals surface area contributed by atoms with Gasteiger partial charge in [-0.05, 0) is 50.8 Å². The largest absolute Gasteiger partial charge is 0.449 e. The summed E-state index contributed by atoms with van der Waals surface area (Å²) >= 11 is 6.51. The van der Waals surface area contributed by atoms with E-state index in [4.69, 9.17) is 9.68 Å². The van der Waals surface area contributed by atoms with Gasteiger partial charge in [0.25, 0.3) is 5.91 Å². The molecule has 1 aliphatic carbocycles. The van der Waals surface area contributed by atoms with Crippen LogP contribution in [0.15, 0.2) is 25.2 Å². The summed E-state index contributed by atoms with van der Waals surface area (Å²) in [5.74, 6) is 0.127. The first-order valence-corrected chi connectivity index (χ1v) is 8.06. The summed E-state index contributed by atoms with van der Waals surface area (Å²) in [5.41, 5.74) is 0.0596. The first-order chi connectivity index (χ1) is 9.60. The highest BCUT2D eigenvalue weighted by Crippen LogP contribution is 2.28. The van der Waals surface area contributed by atoms with Crippen molar-refractivity contribution in [1.82, 2.24) is 5.32 Å². The van der Waals surface area contributed by atoms with Crippen LogP contribution in [-0.2, 0) is 4.79 Å². The van der Waals surface area contributed by atoms with Crippen molar-refractivity contribution in [3.05, 3.63) is 26.5 Å². The lowest BCUT2D eigenvalue weighted by molar-refractivity contribution is -0.117. The quantitative estimate of drug-likeness (QED) is 0.610. The maximum absolute atomic E-state index is 12.1. The molecular formula is C14H14Br2N2O2. The molecular weight excluding hydrogens is 388 g/mol. The first kappa shape index (κ1) is 15.3. The lowest BCUT2D eigenvalue weighted by Crippen LogP contribution is -2.36. The van der Waals surface area contributed by atoms with Gasteiger partial charge in [0.05, 0.1) is 4.47 Å². The lowest BCUT2D eigenvalue weighted by atomic mass is 9.95. The smallest absolute Gasteiger partial charge is 0.262 e. The molecule has 4 nitrogen and oxygen atoms in total. The van der Waals surface area contributed by atoms with Crippen LogP contribution in [0.25, 0.3) is 6.08 Å². The second-order valence-corrected chi connectivity index (χ2v) is 6.32. The van der Waals surface area contributed by atoms with Crippen molar-refractivity contribution in [2.45, 2.75) is 38.1 Å². The Kier molecular flexibility index (Phi) is 5.44. The van der Waals surface area contributed by atoms with Gasteiger partial charge in [-0.2, -0.15) is 5.26 Å². The van der Waals surface area contributed by atoms with Crippen LogP contribution in [0, 0.1) is 11.3 Å². The molecule has 106 valence electrons. The molecule has 0 aromatic carbocycles. The maximum atomic E-state index is 12.1. The molecule has 1 saturated carbocycles. The van der Waals surface area contributed by atoms with Crippen molar-refractivity contribution < 1.29 is 9.21 Å². The summed E-state index contributed by atoms with van der Waals surface area (Å²) in [6, 6.07) is 3.81. The molecule has 1 N–H and O–H groups in total. The van der Waals surface area contributed by atoms with E-state index < -0.39 is 0 Å². The van der Waals surface area contributed by atoms with Gasteiger partial charge in [0.1, 0.15) is 17.4 Å². The minimum Gasteiger partial charge on any atom is -0.449 e. The number of nitrogens with zero attached hydrogens (tertiary/aromatic N) is 1. The van der Waals surface area contributed by atoms with Crippen LogP contribution >= 0.6 is 31.9 Å². The summed E-state index contributed by atoms with van der Waals surface area (Å²) in [6.45, 7) is 0. The molecule has 0 saturated heterocycles. The summed E-state index contributed by atoms with van der Waals surface area (Å²) in [5, 5.41) is 12.0. The van der Waals surface area contributed by atoms with E-state index in [-0.39, 0.29) is 17.5 Å². The molecule has 6 heteroatoms. The second-order valence-electron chi connectivity index (χ2n) is 4.75. The van der Waals surface area contributed by atoms with Crippen molar-refractivity contribution in [2.75, 3.05) is 0 Å². The zero-order valence-electron chi connectivity index (χ0n) is 10.8. The van der Waals surface area contributed by atoms with E-state index in [1.54, 1.807) is 6.07 Å². The van der Waals surface area contributed by atoms with E-state index in [0.29, 0.717) is 10.4 Å². The molecule has 1 aromatic heterocycles. The van der Waals surface area contributed by atoms with Crippen molar-refractivity contribution in [3.63, 3.8) is 0 Å². The molecule has 0 bridgehead atoms. The molecule has 0 atom stereocenters. The molecule has 0 radical (unpaired) electrons. The van der Waals surface area contributed by atoms with Crippen molar-refractivity contribution >= 4 is 43.8 Å². The summed E-state index contributed by atoms with van der Waals surface area (Å²) in [6.07, 6.45) is 6.92. The van der Waals surface area contributed by atoms with Crippen molar-refractivity contribution in [2.24, 2.45) is 0 Å². The van der Waals surface area contributed by atoms with Gasteiger partial charge in [-0.3, -0.25) is 4.79 Å². The van der Waals surface area contributed by atoms with Gasteiger partial charge in [0.15, 0.2) is 4.67 Å². The Morgan fingerprint density at radius 1 is 1.40 bits per heavy atom.